The van der Waals surface area contributed by atoms with E-state index in [9.17, 15) is 4.39 Å². The molecular weight excluding hydrogens is 195 g/mol. The normalized spacial score (nSPS) is 11.0. The van der Waals surface area contributed by atoms with Crippen LogP contribution in [0.2, 0.25) is 0 Å². The summed E-state index contributed by atoms with van der Waals surface area (Å²) in [5, 5.41) is 4.11. The highest BCUT2D eigenvalue weighted by Gasteiger charge is 2.07. The predicted octanol–water partition coefficient (Wildman–Crippen LogP) is 2.73. The number of hydrogen-bond acceptors (Lipinski definition) is 2. The molecule has 0 aliphatic heterocycles. The van der Waals surface area contributed by atoms with Crippen molar-refractivity contribution in [2.75, 3.05) is 0 Å². The lowest BCUT2D eigenvalue weighted by molar-refractivity contribution is 0.606. The van der Waals surface area contributed by atoms with Crippen LogP contribution in [0, 0.1) is 5.82 Å². The number of hydrogen-bond donors (Lipinski definition) is 0. The molecule has 0 radical (unpaired) electrons. The van der Waals surface area contributed by atoms with Gasteiger partial charge < -0.3 is 4.42 Å². The van der Waals surface area contributed by atoms with Gasteiger partial charge in [-0.3, -0.25) is 0 Å². The van der Waals surface area contributed by atoms with Crippen LogP contribution < -0.4 is 0 Å². The topological polar surface area (TPSA) is 30.4 Å². The molecule has 74 valence electrons. The zero-order valence-corrected chi connectivity index (χ0v) is 7.72. The van der Waals surface area contributed by atoms with Crippen molar-refractivity contribution in [3.05, 3.63) is 48.6 Å². The van der Waals surface area contributed by atoms with Crippen molar-refractivity contribution in [2.45, 2.75) is 0 Å². The van der Waals surface area contributed by atoms with E-state index in [1.165, 1.54) is 12.1 Å². The highest BCUT2D eigenvalue weighted by atomic mass is 19.1. The Kier molecular flexibility index (Phi) is 1.62. The zero-order valence-electron chi connectivity index (χ0n) is 7.72. The fourth-order valence-corrected chi connectivity index (χ4v) is 1.54. The average molecular weight is 202 g/mol. The standard InChI is InChI=1S/C11H7FN2O/c12-9-3-1-8(2-4-9)10-7-15-11-5-6-13-14(10)11/h1-7H. The van der Waals surface area contributed by atoms with Gasteiger partial charge in [-0.05, 0) is 24.3 Å². The molecule has 3 nitrogen and oxygen atoms in total. The minimum absolute atomic E-state index is 0.251. The van der Waals surface area contributed by atoms with Crippen LogP contribution in [-0.4, -0.2) is 9.61 Å². The number of halogens is 1. The first-order valence-corrected chi connectivity index (χ1v) is 4.52. The van der Waals surface area contributed by atoms with Gasteiger partial charge in [0.25, 0.3) is 0 Å². The van der Waals surface area contributed by atoms with Crippen molar-refractivity contribution in [3.63, 3.8) is 0 Å². The summed E-state index contributed by atoms with van der Waals surface area (Å²) in [4.78, 5) is 0. The smallest absolute Gasteiger partial charge is 0.221 e. The molecular formula is C11H7FN2O. The third-order valence-electron chi connectivity index (χ3n) is 2.27. The van der Waals surface area contributed by atoms with E-state index in [0.29, 0.717) is 5.71 Å². The Balaban J connectivity index is 2.21. The molecule has 0 aliphatic carbocycles. The molecule has 0 saturated carbocycles. The van der Waals surface area contributed by atoms with Crippen molar-refractivity contribution in [3.8, 4) is 11.3 Å². The molecule has 0 aliphatic rings. The van der Waals surface area contributed by atoms with Crippen LogP contribution in [0.25, 0.3) is 17.0 Å². The largest absolute Gasteiger partial charge is 0.444 e. The fourth-order valence-electron chi connectivity index (χ4n) is 1.54. The van der Waals surface area contributed by atoms with Crippen LogP contribution in [0.4, 0.5) is 4.39 Å². The number of rotatable bonds is 1. The highest BCUT2D eigenvalue weighted by Crippen LogP contribution is 2.21. The summed E-state index contributed by atoms with van der Waals surface area (Å²) in [6.45, 7) is 0. The second-order valence-corrected chi connectivity index (χ2v) is 3.21. The first-order valence-electron chi connectivity index (χ1n) is 4.52. The molecule has 0 amide bonds. The van der Waals surface area contributed by atoms with E-state index in [1.807, 2.05) is 0 Å². The van der Waals surface area contributed by atoms with Crippen molar-refractivity contribution in [2.24, 2.45) is 0 Å². The Morgan fingerprint density at radius 2 is 1.93 bits per heavy atom. The molecule has 2 aromatic heterocycles. The fraction of sp³-hybridized carbons (Fsp3) is 0. The van der Waals surface area contributed by atoms with Gasteiger partial charge in [0.15, 0.2) is 0 Å². The van der Waals surface area contributed by atoms with Crippen LogP contribution >= 0.6 is 0 Å². The Bertz CT molecular complexity index is 594. The van der Waals surface area contributed by atoms with Crippen LogP contribution in [0.3, 0.4) is 0 Å². The minimum atomic E-state index is -0.251. The lowest BCUT2D eigenvalue weighted by atomic mass is 10.2. The molecule has 0 bridgehead atoms. The third kappa shape index (κ3) is 1.22. The number of benzene rings is 1. The van der Waals surface area contributed by atoms with Gasteiger partial charge >= 0.3 is 0 Å². The Morgan fingerprint density at radius 1 is 1.13 bits per heavy atom. The van der Waals surface area contributed by atoms with Crippen molar-refractivity contribution < 1.29 is 8.81 Å². The maximum absolute atomic E-state index is 12.7. The average Bonchev–Trinajstić information content (AvgIpc) is 2.80. The number of aromatic nitrogens is 2. The van der Waals surface area contributed by atoms with Crippen LogP contribution in [0.5, 0.6) is 0 Å². The molecule has 1 aromatic carbocycles. The lowest BCUT2D eigenvalue weighted by Crippen LogP contribution is -1.87. The first-order chi connectivity index (χ1) is 7.34. The number of nitrogens with zero attached hydrogens (tertiary/aromatic N) is 2. The van der Waals surface area contributed by atoms with Crippen molar-refractivity contribution in [1.29, 1.82) is 0 Å². The van der Waals surface area contributed by atoms with Crippen molar-refractivity contribution >= 4 is 5.71 Å². The van der Waals surface area contributed by atoms with Gasteiger partial charge in [-0.15, -0.1) is 0 Å². The monoisotopic (exact) mass is 202 g/mol. The highest BCUT2D eigenvalue weighted by molar-refractivity contribution is 5.61. The second kappa shape index (κ2) is 2.95. The molecule has 0 fully saturated rings. The third-order valence-corrected chi connectivity index (χ3v) is 2.27. The van der Waals surface area contributed by atoms with Gasteiger partial charge in [-0.2, -0.15) is 9.61 Å². The summed E-state index contributed by atoms with van der Waals surface area (Å²) in [5.74, 6) is -0.251. The lowest BCUT2D eigenvalue weighted by Gasteiger charge is -1.96. The van der Waals surface area contributed by atoms with E-state index in [0.717, 1.165) is 11.3 Å². The Morgan fingerprint density at radius 3 is 2.73 bits per heavy atom. The maximum atomic E-state index is 12.7. The van der Waals surface area contributed by atoms with Crippen molar-refractivity contribution in [1.82, 2.24) is 9.61 Å². The van der Waals surface area contributed by atoms with E-state index in [4.69, 9.17) is 4.42 Å². The zero-order chi connectivity index (χ0) is 10.3. The van der Waals surface area contributed by atoms with Crippen LogP contribution in [-0.2, 0) is 0 Å². The Hall–Kier alpha value is -2.10. The van der Waals surface area contributed by atoms with Gasteiger partial charge in [0.2, 0.25) is 5.71 Å². The molecule has 4 heteroatoms. The quantitative estimate of drug-likeness (QED) is 0.607. The number of fused-ring (bicyclic) bond motifs is 1. The summed E-state index contributed by atoms with van der Waals surface area (Å²) in [6.07, 6.45) is 3.27. The van der Waals surface area contributed by atoms with Gasteiger partial charge in [0.05, 0.1) is 6.20 Å². The van der Waals surface area contributed by atoms with E-state index in [2.05, 4.69) is 5.10 Å². The molecule has 3 aromatic rings. The van der Waals surface area contributed by atoms with Gasteiger partial charge in [-0.25, -0.2) is 4.39 Å². The SMILES string of the molecule is Fc1ccc(-c2coc3ccnn23)cc1. The summed E-state index contributed by atoms with van der Waals surface area (Å²) in [6, 6.07) is 7.99. The molecule has 3 rings (SSSR count). The molecule has 0 N–H and O–H groups in total. The molecule has 15 heavy (non-hydrogen) atoms. The van der Waals surface area contributed by atoms with Crippen LogP contribution in [0.1, 0.15) is 0 Å². The molecule has 0 saturated heterocycles. The molecule has 0 spiro atoms. The molecule has 0 unspecified atom stereocenters. The Labute approximate surface area is 84.8 Å². The van der Waals surface area contributed by atoms with Crippen LogP contribution in [0.15, 0.2) is 47.2 Å². The maximum Gasteiger partial charge on any atom is 0.221 e. The second-order valence-electron chi connectivity index (χ2n) is 3.21. The van der Waals surface area contributed by atoms with Gasteiger partial charge in [0, 0.05) is 11.6 Å². The van der Waals surface area contributed by atoms with E-state index < -0.39 is 0 Å². The first kappa shape index (κ1) is 8.23. The summed E-state index contributed by atoms with van der Waals surface area (Å²) in [5.41, 5.74) is 2.36. The van der Waals surface area contributed by atoms with Gasteiger partial charge in [-0.1, -0.05) is 0 Å². The van der Waals surface area contributed by atoms with E-state index in [-0.39, 0.29) is 5.82 Å². The van der Waals surface area contributed by atoms with Gasteiger partial charge in [0.1, 0.15) is 17.8 Å². The summed E-state index contributed by atoms with van der Waals surface area (Å²) in [7, 11) is 0. The van der Waals surface area contributed by atoms with E-state index >= 15 is 0 Å². The summed E-state index contributed by atoms with van der Waals surface area (Å²) >= 11 is 0. The molecule has 2 heterocycles. The predicted molar refractivity (Wildman–Crippen MR) is 52.9 cm³/mol. The minimum Gasteiger partial charge on any atom is -0.444 e. The molecule has 0 atom stereocenters. The van der Waals surface area contributed by atoms with E-state index in [1.54, 1.807) is 35.2 Å². The number of oxazole rings is 1. The summed E-state index contributed by atoms with van der Waals surface area (Å²) < 4.78 is 19.7.